The first-order chi connectivity index (χ1) is 12.6. The van der Waals surface area contributed by atoms with E-state index in [2.05, 4.69) is 22.5 Å². The van der Waals surface area contributed by atoms with Crippen molar-refractivity contribution in [3.63, 3.8) is 0 Å². The topological polar surface area (TPSA) is 67.4 Å². The van der Waals surface area contributed by atoms with Crippen molar-refractivity contribution in [2.24, 2.45) is 0 Å². The Labute approximate surface area is 149 Å². The van der Waals surface area contributed by atoms with Crippen molar-refractivity contribution in [3.8, 4) is 17.6 Å². The van der Waals surface area contributed by atoms with E-state index < -0.39 is 17.5 Å². The first kappa shape index (κ1) is 18.9. The fourth-order valence-electron chi connectivity index (χ4n) is 1.88. The maximum atomic E-state index is 13.3. The molecule has 2 amide bonds. The zero-order valence-electron chi connectivity index (χ0n) is 13.7. The fraction of sp³-hybridized carbons (Fsp3) is 0.158. The first-order valence-corrected chi connectivity index (χ1v) is 7.70. The second kappa shape index (κ2) is 9.79. The zero-order valence-corrected chi connectivity index (χ0v) is 13.7. The molecular formula is C19H16F2N2O3. The normalized spacial score (nSPS) is 9.62. The van der Waals surface area contributed by atoms with Crippen LogP contribution in [-0.2, 0) is 4.79 Å². The molecule has 2 N–H and O–H groups in total. The van der Waals surface area contributed by atoms with Gasteiger partial charge in [0.2, 0.25) is 5.91 Å². The molecule has 2 aromatic carbocycles. The Morgan fingerprint density at radius 2 is 1.77 bits per heavy atom. The van der Waals surface area contributed by atoms with Crippen molar-refractivity contribution in [1.29, 1.82) is 0 Å². The van der Waals surface area contributed by atoms with Gasteiger partial charge < -0.3 is 15.4 Å². The van der Waals surface area contributed by atoms with Gasteiger partial charge in [0.05, 0.1) is 13.1 Å². The highest BCUT2D eigenvalue weighted by Crippen LogP contribution is 2.17. The monoisotopic (exact) mass is 358 g/mol. The Morgan fingerprint density at radius 1 is 1.00 bits per heavy atom. The second-order valence-electron chi connectivity index (χ2n) is 5.04. The Hall–Kier alpha value is -3.40. The average Bonchev–Trinajstić information content (AvgIpc) is 2.64. The van der Waals surface area contributed by atoms with Crippen LogP contribution in [0.15, 0.2) is 48.5 Å². The highest BCUT2D eigenvalue weighted by atomic mass is 19.1. The molecule has 0 aliphatic rings. The van der Waals surface area contributed by atoms with Crippen molar-refractivity contribution in [2.75, 3.05) is 19.7 Å². The lowest BCUT2D eigenvalue weighted by Gasteiger charge is -2.05. The number of amides is 2. The highest BCUT2D eigenvalue weighted by molar-refractivity contribution is 5.96. The number of hydrogen-bond donors (Lipinski definition) is 2. The van der Waals surface area contributed by atoms with E-state index in [9.17, 15) is 18.4 Å². The van der Waals surface area contributed by atoms with Gasteiger partial charge in [-0.1, -0.05) is 30.0 Å². The maximum absolute atomic E-state index is 13.3. The summed E-state index contributed by atoms with van der Waals surface area (Å²) in [4.78, 5) is 23.4. The van der Waals surface area contributed by atoms with Crippen molar-refractivity contribution in [3.05, 3.63) is 65.7 Å². The number of ether oxygens (including phenoxy) is 1. The molecule has 134 valence electrons. The van der Waals surface area contributed by atoms with Crippen LogP contribution in [0, 0.1) is 23.5 Å². The smallest absolute Gasteiger partial charge is 0.251 e. The lowest BCUT2D eigenvalue weighted by Crippen LogP contribution is -2.37. The Morgan fingerprint density at radius 3 is 2.50 bits per heavy atom. The summed E-state index contributed by atoms with van der Waals surface area (Å²) in [5, 5.41) is 4.99. The number of rotatable bonds is 6. The number of hydrogen-bond acceptors (Lipinski definition) is 3. The van der Waals surface area contributed by atoms with Crippen molar-refractivity contribution < 1.29 is 23.1 Å². The Kier molecular flexibility index (Phi) is 7.13. The van der Waals surface area contributed by atoms with Crippen molar-refractivity contribution in [2.45, 2.75) is 0 Å². The lowest BCUT2D eigenvalue weighted by molar-refractivity contribution is -0.119. The Balaban J connectivity index is 1.64. The molecule has 0 spiro atoms. The lowest BCUT2D eigenvalue weighted by atomic mass is 10.2. The molecule has 0 atom stereocenters. The fourth-order valence-corrected chi connectivity index (χ4v) is 1.88. The van der Waals surface area contributed by atoms with E-state index in [0.717, 1.165) is 6.07 Å². The predicted octanol–water partition coefficient (Wildman–Crippen LogP) is 1.89. The van der Waals surface area contributed by atoms with Gasteiger partial charge in [-0.15, -0.1) is 0 Å². The van der Waals surface area contributed by atoms with E-state index in [0.29, 0.717) is 11.6 Å². The third-order valence-corrected chi connectivity index (χ3v) is 3.14. The molecule has 0 saturated heterocycles. The van der Waals surface area contributed by atoms with Gasteiger partial charge in [-0.25, -0.2) is 8.78 Å². The third-order valence-electron chi connectivity index (χ3n) is 3.14. The van der Waals surface area contributed by atoms with Crippen LogP contribution in [0.25, 0.3) is 0 Å². The van der Waals surface area contributed by atoms with Gasteiger partial charge in [-0.05, 0) is 24.3 Å². The number of carbonyl (C=O) groups is 2. The van der Waals surface area contributed by atoms with Crippen LogP contribution in [0.4, 0.5) is 8.78 Å². The first-order valence-electron chi connectivity index (χ1n) is 7.70. The van der Waals surface area contributed by atoms with Gasteiger partial charge in [0.15, 0.2) is 11.6 Å². The molecule has 0 saturated carbocycles. The minimum atomic E-state index is -0.811. The van der Waals surface area contributed by atoms with Gasteiger partial charge in [0.1, 0.15) is 12.4 Å². The van der Waals surface area contributed by atoms with Crippen molar-refractivity contribution >= 4 is 11.8 Å². The summed E-state index contributed by atoms with van der Waals surface area (Å²) in [5.41, 5.74) is 0.463. The zero-order chi connectivity index (χ0) is 18.8. The van der Waals surface area contributed by atoms with Crippen LogP contribution >= 0.6 is 0 Å². The van der Waals surface area contributed by atoms with Crippen molar-refractivity contribution in [1.82, 2.24) is 10.6 Å². The van der Waals surface area contributed by atoms with Crippen LogP contribution in [-0.4, -0.2) is 31.5 Å². The maximum Gasteiger partial charge on any atom is 0.251 e. The van der Waals surface area contributed by atoms with E-state index in [4.69, 9.17) is 4.74 Å². The summed E-state index contributed by atoms with van der Waals surface area (Å²) in [6.45, 7) is -0.231. The molecule has 26 heavy (non-hydrogen) atoms. The molecule has 0 heterocycles. The van der Waals surface area contributed by atoms with E-state index in [1.165, 1.54) is 6.07 Å². The van der Waals surface area contributed by atoms with E-state index in [1.807, 2.05) is 0 Å². The molecule has 0 unspecified atom stereocenters. The molecular weight excluding hydrogens is 342 g/mol. The van der Waals surface area contributed by atoms with E-state index in [1.54, 1.807) is 30.3 Å². The summed E-state index contributed by atoms with van der Waals surface area (Å²) in [5.74, 6) is 2.86. The predicted molar refractivity (Wildman–Crippen MR) is 91.4 cm³/mol. The molecule has 0 radical (unpaired) electrons. The van der Waals surface area contributed by atoms with Crippen LogP contribution in [0.3, 0.4) is 0 Å². The molecule has 0 aliphatic heterocycles. The minimum absolute atomic E-state index is 0.0509. The summed E-state index contributed by atoms with van der Waals surface area (Å²) in [6.07, 6.45) is 0. The van der Waals surface area contributed by atoms with Crippen LogP contribution < -0.4 is 15.4 Å². The number of carbonyl (C=O) groups excluding carboxylic acids is 2. The molecule has 0 fully saturated rings. The molecule has 0 aliphatic carbocycles. The standard InChI is InChI=1S/C19H16F2N2O3/c20-15-8-9-17(16(21)12-15)26-11-5-4-10-22-18(24)13-23-19(25)14-6-2-1-3-7-14/h1-3,6-9,12H,10-11,13H2,(H,22,24)(H,23,25). The molecule has 0 aromatic heterocycles. The molecule has 2 aromatic rings. The van der Waals surface area contributed by atoms with Gasteiger partial charge in [-0.2, -0.15) is 0 Å². The summed E-state index contributed by atoms with van der Waals surface area (Å²) in [7, 11) is 0. The largest absolute Gasteiger partial charge is 0.478 e. The number of nitrogens with one attached hydrogen (secondary N) is 2. The van der Waals surface area contributed by atoms with Gasteiger partial charge in [-0.3, -0.25) is 9.59 Å². The molecule has 7 heteroatoms. The summed E-state index contributed by atoms with van der Waals surface area (Å²) >= 11 is 0. The third kappa shape index (κ3) is 6.24. The van der Waals surface area contributed by atoms with E-state index in [-0.39, 0.29) is 31.4 Å². The van der Waals surface area contributed by atoms with Crippen LogP contribution in [0.1, 0.15) is 10.4 Å². The van der Waals surface area contributed by atoms with Gasteiger partial charge in [0, 0.05) is 11.6 Å². The SMILES string of the molecule is O=C(CNC(=O)c1ccccc1)NCC#CCOc1ccc(F)cc1F. The minimum Gasteiger partial charge on any atom is -0.478 e. The van der Waals surface area contributed by atoms with Gasteiger partial charge >= 0.3 is 0 Å². The number of halogens is 2. The van der Waals surface area contributed by atoms with Crippen LogP contribution in [0.5, 0.6) is 5.75 Å². The second-order valence-corrected chi connectivity index (χ2v) is 5.04. The summed E-state index contributed by atoms with van der Waals surface area (Å²) < 4.78 is 31.1. The van der Waals surface area contributed by atoms with Crippen LogP contribution in [0.2, 0.25) is 0 Å². The number of benzene rings is 2. The van der Waals surface area contributed by atoms with E-state index >= 15 is 0 Å². The average molecular weight is 358 g/mol. The van der Waals surface area contributed by atoms with Gasteiger partial charge in [0.25, 0.3) is 5.91 Å². The highest BCUT2D eigenvalue weighted by Gasteiger charge is 2.06. The summed E-state index contributed by atoms with van der Waals surface area (Å²) in [6, 6.07) is 11.5. The molecule has 5 nitrogen and oxygen atoms in total. The molecule has 2 rings (SSSR count). The quantitative estimate of drug-likeness (QED) is 0.775. The molecule has 0 bridgehead atoms. The Bertz CT molecular complexity index is 830.